The molecule has 1 N–H and O–H groups in total. The molecule has 1 fully saturated rings. The van der Waals surface area contributed by atoms with Gasteiger partial charge in [0.2, 0.25) is 10.0 Å². The van der Waals surface area contributed by atoms with Crippen LogP contribution in [-0.2, 0) is 19.6 Å². The second-order valence-electron chi connectivity index (χ2n) is 6.85. The van der Waals surface area contributed by atoms with Crippen molar-refractivity contribution in [3.63, 3.8) is 0 Å². The summed E-state index contributed by atoms with van der Waals surface area (Å²) in [5.41, 5.74) is 0.00942. The Balaban J connectivity index is 1.99. The molecule has 1 aliphatic rings. The molecule has 0 aromatic heterocycles. The smallest absolute Gasteiger partial charge is 0.338 e. The number of carbonyl (C=O) groups is 2. The molecule has 1 aliphatic carbocycles. The molecule has 0 spiro atoms. The van der Waals surface area contributed by atoms with Gasteiger partial charge in [-0.3, -0.25) is 4.79 Å². The van der Waals surface area contributed by atoms with E-state index in [-0.39, 0.29) is 27.4 Å². The van der Waals surface area contributed by atoms with Crippen LogP contribution in [0.3, 0.4) is 0 Å². The topological polar surface area (TPSA) is 92.8 Å². The Bertz CT molecular complexity index is 804. The van der Waals surface area contributed by atoms with Crippen molar-refractivity contribution in [2.75, 3.05) is 20.7 Å². The Morgan fingerprint density at radius 1 is 1.26 bits per heavy atom. The molecule has 0 heterocycles. The van der Waals surface area contributed by atoms with Crippen molar-refractivity contribution in [3.8, 4) is 0 Å². The molecule has 0 unspecified atom stereocenters. The Morgan fingerprint density at radius 3 is 2.48 bits per heavy atom. The Kier molecular flexibility index (Phi) is 7.25. The summed E-state index contributed by atoms with van der Waals surface area (Å²) >= 11 is 5.90. The lowest BCUT2D eigenvalue weighted by molar-refractivity contribution is -0.136. The molecule has 1 aromatic carbocycles. The van der Waals surface area contributed by atoms with Crippen molar-refractivity contribution < 1.29 is 22.7 Å². The number of rotatable bonds is 6. The summed E-state index contributed by atoms with van der Waals surface area (Å²) in [4.78, 5) is 25.9. The monoisotopic (exact) mass is 416 g/mol. The minimum Gasteiger partial charge on any atom is -0.452 e. The maximum absolute atomic E-state index is 12.3. The van der Waals surface area contributed by atoms with E-state index in [2.05, 4.69) is 11.6 Å². The number of esters is 1. The van der Waals surface area contributed by atoms with Gasteiger partial charge >= 0.3 is 5.97 Å². The van der Waals surface area contributed by atoms with Crippen molar-refractivity contribution in [2.24, 2.45) is 5.92 Å². The normalized spacial score (nSPS) is 20.1. The van der Waals surface area contributed by atoms with Crippen LogP contribution in [0.15, 0.2) is 23.1 Å². The molecule has 0 radical (unpaired) electrons. The van der Waals surface area contributed by atoms with Crippen LogP contribution in [0.4, 0.5) is 0 Å². The Labute approximate surface area is 165 Å². The molecule has 1 amide bonds. The van der Waals surface area contributed by atoms with Crippen molar-refractivity contribution >= 4 is 33.5 Å². The molecule has 7 nitrogen and oxygen atoms in total. The lowest BCUT2D eigenvalue weighted by Gasteiger charge is -2.33. The minimum atomic E-state index is -3.81. The number of carbonyl (C=O) groups excluding carboxylic acids is 2. The third-order valence-electron chi connectivity index (χ3n) is 4.98. The van der Waals surface area contributed by atoms with Crippen LogP contribution in [-0.4, -0.2) is 51.9 Å². The van der Waals surface area contributed by atoms with E-state index in [1.54, 1.807) is 11.9 Å². The van der Waals surface area contributed by atoms with Gasteiger partial charge in [-0.25, -0.2) is 17.9 Å². The zero-order chi connectivity index (χ0) is 20.2. The SMILES string of the molecule is CNS(=O)(=O)c1cc(C(=O)OCC(=O)N(C)C2CCC(C)CC2)ccc1Cl. The highest BCUT2D eigenvalue weighted by molar-refractivity contribution is 7.89. The number of likely N-dealkylation sites (N-methyl/N-ethyl adjacent to an activating group) is 1. The molecule has 2 rings (SSSR count). The number of nitrogens with one attached hydrogen (secondary N) is 1. The van der Waals surface area contributed by atoms with Crippen LogP contribution < -0.4 is 4.72 Å². The number of sulfonamides is 1. The lowest BCUT2D eigenvalue weighted by Crippen LogP contribution is -2.41. The molecule has 0 aliphatic heterocycles. The van der Waals surface area contributed by atoms with E-state index < -0.39 is 22.6 Å². The molecule has 0 bridgehead atoms. The van der Waals surface area contributed by atoms with Crippen LogP contribution >= 0.6 is 11.6 Å². The van der Waals surface area contributed by atoms with Gasteiger partial charge in [0.25, 0.3) is 5.91 Å². The molecule has 0 saturated heterocycles. The molecule has 0 atom stereocenters. The highest BCUT2D eigenvalue weighted by Gasteiger charge is 2.26. The zero-order valence-corrected chi connectivity index (χ0v) is 17.3. The van der Waals surface area contributed by atoms with Gasteiger partial charge in [0.15, 0.2) is 6.61 Å². The Hall–Kier alpha value is -1.64. The van der Waals surface area contributed by atoms with Crippen molar-refractivity contribution in [1.29, 1.82) is 0 Å². The highest BCUT2D eigenvalue weighted by Crippen LogP contribution is 2.26. The third-order valence-corrected chi connectivity index (χ3v) is 6.87. The standard InChI is InChI=1S/C18H25ClN2O5S/c1-12-4-7-14(8-5-12)21(3)17(22)11-26-18(23)13-6-9-15(19)16(10-13)27(24,25)20-2/h6,9-10,12,14,20H,4-5,7-8,11H2,1-3H3. The summed E-state index contributed by atoms with van der Waals surface area (Å²) in [6.45, 7) is 1.81. The van der Waals surface area contributed by atoms with E-state index in [0.29, 0.717) is 5.92 Å². The van der Waals surface area contributed by atoms with Gasteiger partial charge in [-0.2, -0.15) is 0 Å². The number of ether oxygens (including phenoxy) is 1. The van der Waals surface area contributed by atoms with Crippen LogP contribution in [0.5, 0.6) is 0 Å². The van der Waals surface area contributed by atoms with Crippen molar-refractivity contribution in [3.05, 3.63) is 28.8 Å². The molecular weight excluding hydrogens is 392 g/mol. The Morgan fingerprint density at radius 2 is 1.89 bits per heavy atom. The molecule has 150 valence electrons. The van der Waals surface area contributed by atoms with Gasteiger partial charge in [0.05, 0.1) is 10.6 Å². The number of hydrogen-bond acceptors (Lipinski definition) is 5. The van der Waals surface area contributed by atoms with Crippen LogP contribution in [0.25, 0.3) is 0 Å². The van der Waals surface area contributed by atoms with Gasteiger partial charge < -0.3 is 9.64 Å². The first kappa shape index (κ1) is 21.7. The summed E-state index contributed by atoms with van der Waals surface area (Å²) in [7, 11) is -0.847. The summed E-state index contributed by atoms with van der Waals surface area (Å²) in [6, 6.07) is 3.96. The second kappa shape index (κ2) is 9.03. The zero-order valence-electron chi connectivity index (χ0n) is 15.7. The summed E-state index contributed by atoms with van der Waals surface area (Å²) < 4.78 is 31.1. The molecule has 27 heavy (non-hydrogen) atoms. The summed E-state index contributed by atoms with van der Waals surface area (Å²) in [5.74, 6) is -0.381. The number of amides is 1. The van der Waals surface area contributed by atoms with E-state index in [1.165, 1.54) is 19.2 Å². The third kappa shape index (κ3) is 5.43. The maximum Gasteiger partial charge on any atom is 0.338 e. The lowest BCUT2D eigenvalue weighted by atomic mass is 9.87. The fourth-order valence-electron chi connectivity index (χ4n) is 3.09. The number of nitrogens with zero attached hydrogens (tertiary/aromatic N) is 1. The number of hydrogen-bond donors (Lipinski definition) is 1. The van der Waals surface area contributed by atoms with Crippen molar-refractivity contribution in [2.45, 2.75) is 43.5 Å². The predicted molar refractivity (Wildman–Crippen MR) is 102 cm³/mol. The molecular formula is C18H25ClN2O5S. The fraction of sp³-hybridized carbons (Fsp3) is 0.556. The first-order valence-electron chi connectivity index (χ1n) is 8.81. The number of benzene rings is 1. The van der Waals surface area contributed by atoms with Crippen LogP contribution in [0, 0.1) is 5.92 Å². The van der Waals surface area contributed by atoms with E-state index in [1.807, 2.05) is 0 Å². The van der Waals surface area contributed by atoms with E-state index >= 15 is 0 Å². The quantitative estimate of drug-likeness (QED) is 0.719. The van der Waals surface area contributed by atoms with Gasteiger partial charge in [-0.05, 0) is 56.8 Å². The highest BCUT2D eigenvalue weighted by atomic mass is 35.5. The van der Waals surface area contributed by atoms with Crippen LogP contribution in [0.2, 0.25) is 5.02 Å². The molecule has 1 aromatic rings. The van der Waals surface area contributed by atoms with Crippen molar-refractivity contribution in [1.82, 2.24) is 9.62 Å². The average Bonchev–Trinajstić information content (AvgIpc) is 2.66. The van der Waals surface area contributed by atoms with E-state index in [9.17, 15) is 18.0 Å². The van der Waals surface area contributed by atoms with Gasteiger partial charge in [0.1, 0.15) is 4.90 Å². The average molecular weight is 417 g/mol. The summed E-state index contributed by atoms with van der Waals surface area (Å²) in [6.07, 6.45) is 4.05. The maximum atomic E-state index is 12.3. The van der Waals surface area contributed by atoms with E-state index in [0.717, 1.165) is 31.7 Å². The molecule has 1 saturated carbocycles. The van der Waals surface area contributed by atoms with E-state index in [4.69, 9.17) is 16.3 Å². The largest absolute Gasteiger partial charge is 0.452 e. The van der Waals surface area contributed by atoms with Gasteiger partial charge in [-0.1, -0.05) is 18.5 Å². The van der Waals surface area contributed by atoms with Gasteiger partial charge in [-0.15, -0.1) is 0 Å². The fourth-order valence-corrected chi connectivity index (χ4v) is 4.34. The van der Waals surface area contributed by atoms with Gasteiger partial charge in [0, 0.05) is 13.1 Å². The van der Waals surface area contributed by atoms with Crippen LogP contribution in [0.1, 0.15) is 43.0 Å². The summed E-state index contributed by atoms with van der Waals surface area (Å²) in [5, 5.41) is -0.0109. The minimum absolute atomic E-state index is 0.00942. The second-order valence-corrected chi connectivity index (χ2v) is 9.11. The molecule has 9 heteroatoms. The predicted octanol–water partition coefficient (Wildman–Crippen LogP) is 2.44. The first-order chi connectivity index (χ1) is 12.7. The first-order valence-corrected chi connectivity index (χ1v) is 10.7. The number of halogens is 1.